The molecule has 0 aliphatic rings. The molecular weight excluding hydrogens is 426 g/mol. The summed E-state index contributed by atoms with van der Waals surface area (Å²) in [5.41, 5.74) is 0.0452. The van der Waals surface area contributed by atoms with Gasteiger partial charge in [-0.25, -0.2) is 4.79 Å². The van der Waals surface area contributed by atoms with Crippen LogP contribution in [-0.4, -0.2) is 64.4 Å². The van der Waals surface area contributed by atoms with Crippen molar-refractivity contribution in [2.75, 3.05) is 19.7 Å². The topological polar surface area (TPSA) is 128 Å². The Morgan fingerprint density at radius 2 is 1.82 bits per heavy atom. The molecule has 0 aliphatic heterocycles. The number of aromatic hydroxyl groups is 1. The van der Waals surface area contributed by atoms with Crippen LogP contribution >= 0.6 is 0 Å². The number of nitrogens with one attached hydrogen (secondary N) is 2. The Hall–Kier alpha value is -2.81. The number of aliphatic hydroxyl groups excluding tert-OH is 1. The minimum absolute atomic E-state index is 0.0851. The van der Waals surface area contributed by atoms with Gasteiger partial charge in [-0.1, -0.05) is 38.0 Å². The molecule has 3 amide bonds. The molecule has 0 aromatic heterocycles. The van der Waals surface area contributed by atoms with Crippen LogP contribution in [0.4, 0.5) is 4.79 Å². The number of benzene rings is 1. The van der Waals surface area contributed by atoms with Crippen molar-refractivity contribution in [3.05, 3.63) is 29.3 Å². The van der Waals surface area contributed by atoms with Crippen LogP contribution in [0, 0.1) is 6.92 Å². The Kier molecular flexibility index (Phi) is 11.1. The molecule has 0 saturated carbocycles. The molecule has 2 atom stereocenters. The van der Waals surface area contributed by atoms with Crippen molar-refractivity contribution in [1.29, 1.82) is 0 Å². The highest BCUT2D eigenvalue weighted by Gasteiger charge is 2.36. The first kappa shape index (κ1) is 28.2. The van der Waals surface area contributed by atoms with Gasteiger partial charge in [0.15, 0.2) is 0 Å². The number of alkyl carbamates (subject to hydrolysis) is 1. The number of nitrogens with zero attached hydrogens (tertiary/aromatic N) is 1. The summed E-state index contributed by atoms with van der Waals surface area (Å²) in [6.45, 7) is 10.3. The molecule has 0 spiro atoms. The number of carbonyl (C=O) groups excluding carboxylic acids is 3. The van der Waals surface area contributed by atoms with Gasteiger partial charge in [-0.15, -0.1) is 0 Å². The summed E-state index contributed by atoms with van der Waals surface area (Å²) in [6.07, 6.45) is 1.87. The van der Waals surface area contributed by atoms with E-state index in [0.29, 0.717) is 12.1 Å². The number of amides is 3. The summed E-state index contributed by atoms with van der Waals surface area (Å²) in [5.74, 6) is -1.20. The Morgan fingerprint density at radius 1 is 1.15 bits per heavy atom. The second-order valence-electron chi connectivity index (χ2n) is 8.92. The van der Waals surface area contributed by atoms with Crippen LogP contribution in [0.25, 0.3) is 0 Å². The molecule has 1 rings (SSSR count). The van der Waals surface area contributed by atoms with E-state index in [1.807, 2.05) is 0 Å². The van der Waals surface area contributed by atoms with Gasteiger partial charge in [0.25, 0.3) is 0 Å². The van der Waals surface area contributed by atoms with Crippen molar-refractivity contribution in [2.45, 2.75) is 78.5 Å². The maximum atomic E-state index is 13.3. The standard InChI is InChI=1S/C24H39N3O6/c1-7-9-10-14-25-21(30)19(17-13-11-12-16(3)20(17)29)27(8-2)22(31)18(15-28)26-23(32)33-24(4,5)6/h11-13,18-19,28-29H,7-10,14-15H2,1-6H3,(H,25,30)(H,26,32). The van der Waals surface area contributed by atoms with Crippen LogP contribution in [0.1, 0.15) is 71.0 Å². The molecule has 0 fully saturated rings. The summed E-state index contributed by atoms with van der Waals surface area (Å²) >= 11 is 0. The molecule has 33 heavy (non-hydrogen) atoms. The molecule has 2 unspecified atom stereocenters. The maximum absolute atomic E-state index is 13.3. The van der Waals surface area contributed by atoms with E-state index in [0.717, 1.165) is 19.3 Å². The number of hydrogen-bond donors (Lipinski definition) is 4. The summed E-state index contributed by atoms with van der Waals surface area (Å²) in [5, 5.41) is 25.7. The molecule has 4 N–H and O–H groups in total. The Balaban J connectivity index is 3.26. The number of para-hydroxylation sites is 1. The zero-order valence-electron chi connectivity index (χ0n) is 20.6. The van der Waals surface area contributed by atoms with E-state index in [9.17, 15) is 24.6 Å². The van der Waals surface area contributed by atoms with Crippen LogP contribution in [-0.2, 0) is 14.3 Å². The zero-order valence-corrected chi connectivity index (χ0v) is 20.6. The number of phenols is 1. The molecule has 1 aromatic carbocycles. The van der Waals surface area contributed by atoms with Crippen LogP contribution in [0.15, 0.2) is 18.2 Å². The fraction of sp³-hybridized carbons (Fsp3) is 0.625. The molecule has 9 nitrogen and oxygen atoms in total. The number of phenolic OH excluding ortho intramolecular Hbond substituents is 1. The molecule has 9 heteroatoms. The molecule has 0 bridgehead atoms. The smallest absolute Gasteiger partial charge is 0.408 e. The van der Waals surface area contributed by atoms with Crippen molar-refractivity contribution in [3.8, 4) is 5.75 Å². The lowest BCUT2D eigenvalue weighted by atomic mass is 9.99. The second kappa shape index (κ2) is 13.0. The monoisotopic (exact) mass is 465 g/mol. The van der Waals surface area contributed by atoms with Gasteiger partial charge in [-0.05, 0) is 46.6 Å². The number of carbonyl (C=O) groups is 3. The third-order valence-corrected chi connectivity index (χ3v) is 5.00. The van der Waals surface area contributed by atoms with E-state index in [-0.39, 0.29) is 17.9 Å². The molecule has 0 radical (unpaired) electrons. The molecule has 0 saturated heterocycles. The van der Waals surface area contributed by atoms with Gasteiger partial charge in [0.2, 0.25) is 11.8 Å². The minimum atomic E-state index is -1.32. The van der Waals surface area contributed by atoms with Crippen molar-refractivity contribution in [3.63, 3.8) is 0 Å². The summed E-state index contributed by atoms with van der Waals surface area (Å²) in [6, 6.07) is 2.53. The highest BCUT2D eigenvalue weighted by Crippen LogP contribution is 2.32. The highest BCUT2D eigenvalue weighted by atomic mass is 16.6. The molecule has 1 aromatic rings. The van der Waals surface area contributed by atoms with E-state index < -0.39 is 42.2 Å². The highest BCUT2D eigenvalue weighted by molar-refractivity contribution is 5.92. The van der Waals surface area contributed by atoms with Crippen LogP contribution in [0.2, 0.25) is 0 Å². The lowest BCUT2D eigenvalue weighted by Gasteiger charge is -2.33. The van der Waals surface area contributed by atoms with Gasteiger partial charge in [0.1, 0.15) is 23.4 Å². The summed E-state index contributed by atoms with van der Waals surface area (Å²) in [4.78, 5) is 40.0. The van der Waals surface area contributed by atoms with Crippen LogP contribution in [0.5, 0.6) is 5.75 Å². The van der Waals surface area contributed by atoms with E-state index >= 15 is 0 Å². The number of rotatable bonds is 11. The first-order chi connectivity index (χ1) is 15.5. The zero-order chi connectivity index (χ0) is 25.2. The Morgan fingerprint density at radius 3 is 2.36 bits per heavy atom. The molecule has 186 valence electrons. The number of unbranched alkanes of at least 4 members (excludes halogenated alkanes) is 2. The second-order valence-corrected chi connectivity index (χ2v) is 8.92. The lowest BCUT2D eigenvalue weighted by Crippen LogP contribution is -2.54. The van der Waals surface area contributed by atoms with Gasteiger partial charge in [-0.3, -0.25) is 9.59 Å². The van der Waals surface area contributed by atoms with Crippen LogP contribution in [0.3, 0.4) is 0 Å². The van der Waals surface area contributed by atoms with E-state index in [1.165, 1.54) is 4.90 Å². The average Bonchev–Trinajstić information content (AvgIpc) is 2.73. The summed E-state index contributed by atoms with van der Waals surface area (Å²) < 4.78 is 5.19. The first-order valence-corrected chi connectivity index (χ1v) is 11.4. The number of ether oxygens (including phenoxy) is 1. The van der Waals surface area contributed by atoms with Crippen molar-refractivity contribution in [1.82, 2.24) is 15.5 Å². The fourth-order valence-electron chi connectivity index (χ4n) is 3.34. The number of likely N-dealkylation sites (N-methyl/N-ethyl adjacent to an activating group) is 1. The van der Waals surface area contributed by atoms with Gasteiger partial charge in [0, 0.05) is 18.7 Å². The first-order valence-electron chi connectivity index (χ1n) is 11.4. The van der Waals surface area contributed by atoms with Gasteiger partial charge in [0.05, 0.1) is 6.61 Å². The van der Waals surface area contributed by atoms with E-state index in [2.05, 4.69) is 17.6 Å². The third kappa shape index (κ3) is 8.57. The predicted molar refractivity (Wildman–Crippen MR) is 126 cm³/mol. The molecular formula is C24H39N3O6. The van der Waals surface area contributed by atoms with E-state index in [4.69, 9.17) is 4.74 Å². The Labute approximate surface area is 196 Å². The largest absolute Gasteiger partial charge is 0.507 e. The lowest BCUT2D eigenvalue weighted by molar-refractivity contribution is -0.143. The number of aryl methyl sites for hydroxylation is 1. The van der Waals surface area contributed by atoms with Crippen LogP contribution < -0.4 is 10.6 Å². The maximum Gasteiger partial charge on any atom is 0.408 e. The van der Waals surface area contributed by atoms with Crippen molar-refractivity contribution < 1.29 is 29.3 Å². The quantitative estimate of drug-likeness (QED) is 0.372. The van der Waals surface area contributed by atoms with Gasteiger partial charge < -0.3 is 30.5 Å². The average molecular weight is 466 g/mol. The van der Waals surface area contributed by atoms with E-state index in [1.54, 1.807) is 52.8 Å². The molecule has 0 aliphatic carbocycles. The minimum Gasteiger partial charge on any atom is -0.507 e. The Bertz CT molecular complexity index is 806. The predicted octanol–water partition coefficient (Wildman–Crippen LogP) is 2.78. The molecule has 0 heterocycles. The third-order valence-electron chi connectivity index (χ3n) is 5.00. The number of hydrogen-bond acceptors (Lipinski definition) is 6. The van der Waals surface area contributed by atoms with Gasteiger partial charge in [-0.2, -0.15) is 0 Å². The van der Waals surface area contributed by atoms with Gasteiger partial charge >= 0.3 is 6.09 Å². The SMILES string of the molecule is CCCCCNC(=O)C(c1cccc(C)c1O)N(CC)C(=O)C(CO)NC(=O)OC(C)(C)C. The van der Waals surface area contributed by atoms with Crippen molar-refractivity contribution in [2.24, 2.45) is 0 Å². The normalized spacial score (nSPS) is 13.1. The fourth-order valence-corrected chi connectivity index (χ4v) is 3.34. The van der Waals surface area contributed by atoms with Crippen molar-refractivity contribution >= 4 is 17.9 Å². The summed E-state index contributed by atoms with van der Waals surface area (Å²) in [7, 11) is 0. The number of aliphatic hydroxyl groups is 1.